The van der Waals surface area contributed by atoms with Crippen molar-refractivity contribution < 1.29 is 14.6 Å². The lowest BCUT2D eigenvalue weighted by molar-refractivity contribution is 0.0353. The molecule has 4 rings (SSSR count). The van der Waals surface area contributed by atoms with Crippen molar-refractivity contribution >= 4 is 0 Å². The Morgan fingerprint density at radius 1 is 1.10 bits per heavy atom. The molecule has 4 heteroatoms. The van der Waals surface area contributed by atoms with Crippen LogP contribution in [-0.2, 0) is 0 Å². The van der Waals surface area contributed by atoms with E-state index in [0.29, 0.717) is 31.2 Å². The molecule has 3 aliphatic rings. The number of aliphatic hydroxyl groups excluding tert-OH is 1. The van der Waals surface area contributed by atoms with Gasteiger partial charge in [0.1, 0.15) is 13.2 Å². The van der Waals surface area contributed by atoms with Crippen LogP contribution in [-0.4, -0.2) is 42.4 Å². The molecule has 3 unspecified atom stereocenters. The van der Waals surface area contributed by atoms with Crippen LogP contribution >= 0.6 is 0 Å². The van der Waals surface area contributed by atoms with Crippen LogP contribution in [0.3, 0.4) is 0 Å². The zero-order valence-corrected chi connectivity index (χ0v) is 12.5. The van der Waals surface area contributed by atoms with Crippen molar-refractivity contribution in [3.05, 3.63) is 23.8 Å². The van der Waals surface area contributed by atoms with Gasteiger partial charge in [-0.05, 0) is 56.3 Å². The fraction of sp³-hybridized carbons (Fsp3) is 0.647. The third-order valence-electron chi connectivity index (χ3n) is 5.49. The summed E-state index contributed by atoms with van der Waals surface area (Å²) in [5, 5.41) is 10.8. The molecular formula is C17H23NO3. The van der Waals surface area contributed by atoms with E-state index in [1.807, 2.05) is 18.2 Å². The van der Waals surface area contributed by atoms with E-state index in [4.69, 9.17) is 9.47 Å². The van der Waals surface area contributed by atoms with Gasteiger partial charge >= 0.3 is 0 Å². The van der Waals surface area contributed by atoms with Crippen molar-refractivity contribution in [1.82, 2.24) is 4.90 Å². The van der Waals surface area contributed by atoms with Gasteiger partial charge in [0.2, 0.25) is 0 Å². The summed E-state index contributed by atoms with van der Waals surface area (Å²) in [5.41, 5.74) is 0.966. The molecule has 21 heavy (non-hydrogen) atoms. The third kappa shape index (κ3) is 2.30. The van der Waals surface area contributed by atoms with Crippen molar-refractivity contribution in [2.45, 2.75) is 43.9 Å². The summed E-state index contributed by atoms with van der Waals surface area (Å²) < 4.78 is 11.2. The Kier molecular flexibility index (Phi) is 3.31. The first-order chi connectivity index (χ1) is 10.2. The average Bonchev–Trinajstić information content (AvgIpc) is 2.75. The highest BCUT2D eigenvalue weighted by Crippen LogP contribution is 2.43. The van der Waals surface area contributed by atoms with E-state index in [2.05, 4.69) is 11.9 Å². The Morgan fingerprint density at radius 3 is 2.48 bits per heavy atom. The molecule has 0 amide bonds. The van der Waals surface area contributed by atoms with Gasteiger partial charge in [0.05, 0.1) is 6.10 Å². The Hall–Kier alpha value is -1.26. The molecule has 4 nitrogen and oxygen atoms in total. The van der Waals surface area contributed by atoms with E-state index >= 15 is 0 Å². The first-order valence-corrected chi connectivity index (χ1v) is 8.02. The molecule has 1 N–H and O–H groups in total. The summed E-state index contributed by atoms with van der Waals surface area (Å²) in [6.45, 7) is 1.19. The maximum atomic E-state index is 10.8. The summed E-state index contributed by atoms with van der Waals surface area (Å²) in [5.74, 6) is 1.93. The largest absolute Gasteiger partial charge is 0.486 e. The van der Waals surface area contributed by atoms with Crippen LogP contribution in [0.1, 0.15) is 37.4 Å². The van der Waals surface area contributed by atoms with Crippen molar-refractivity contribution in [2.24, 2.45) is 5.92 Å². The lowest BCUT2D eigenvalue weighted by Gasteiger charge is -2.38. The van der Waals surface area contributed by atoms with Crippen LogP contribution in [0.15, 0.2) is 18.2 Å². The van der Waals surface area contributed by atoms with E-state index in [-0.39, 0.29) is 0 Å². The van der Waals surface area contributed by atoms with Gasteiger partial charge in [-0.15, -0.1) is 0 Å². The number of fused-ring (bicyclic) bond motifs is 3. The quantitative estimate of drug-likeness (QED) is 0.907. The van der Waals surface area contributed by atoms with Gasteiger partial charge < -0.3 is 19.5 Å². The van der Waals surface area contributed by atoms with Gasteiger partial charge in [0, 0.05) is 12.1 Å². The number of nitrogens with zero attached hydrogens (tertiary/aromatic N) is 1. The molecule has 0 radical (unpaired) electrons. The fourth-order valence-corrected chi connectivity index (χ4v) is 4.23. The zero-order valence-electron chi connectivity index (χ0n) is 12.5. The first kappa shape index (κ1) is 13.4. The molecule has 0 aromatic heterocycles. The summed E-state index contributed by atoms with van der Waals surface area (Å²) in [6.07, 6.45) is 4.38. The Balaban J connectivity index is 1.53. The molecule has 0 aliphatic carbocycles. The molecule has 3 aliphatic heterocycles. The smallest absolute Gasteiger partial charge is 0.161 e. The van der Waals surface area contributed by atoms with Crippen LogP contribution in [0.25, 0.3) is 0 Å². The van der Waals surface area contributed by atoms with Crippen LogP contribution in [0, 0.1) is 5.92 Å². The van der Waals surface area contributed by atoms with Crippen LogP contribution < -0.4 is 9.47 Å². The number of piperidine rings is 1. The topological polar surface area (TPSA) is 41.9 Å². The Labute approximate surface area is 125 Å². The van der Waals surface area contributed by atoms with Gasteiger partial charge in [-0.1, -0.05) is 6.07 Å². The molecule has 0 spiro atoms. The lowest BCUT2D eigenvalue weighted by Crippen LogP contribution is -2.41. The van der Waals surface area contributed by atoms with Crippen LogP contribution in [0.2, 0.25) is 0 Å². The second-order valence-electron chi connectivity index (χ2n) is 6.63. The van der Waals surface area contributed by atoms with Gasteiger partial charge in [0.25, 0.3) is 0 Å². The zero-order chi connectivity index (χ0) is 14.4. The minimum absolute atomic E-state index is 0.362. The monoisotopic (exact) mass is 289 g/mol. The van der Waals surface area contributed by atoms with Crippen LogP contribution in [0.4, 0.5) is 0 Å². The number of aliphatic hydroxyl groups is 1. The van der Waals surface area contributed by atoms with Gasteiger partial charge in [0.15, 0.2) is 11.5 Å². The first-order valence-electron chi connectivity index (χ1n) is 8.02. The second-order valence-corrected chi connectivity index (χ2v) is 6.63. The van der Waals surface area contributed by atoms with Crippen molar-refractivity contribution in [3.63, 3.8) is 0 Å². The molecule has 1 aromatic carbocycles. The summed E-state index contributed by atoms with van der Waals surface area (Å²) in [6, 6.07) is 7.18. The number of rotatable bonds is 2. The average molecular weight is 289 g/mol. The summed E-state index contributed by atoms with van der Waals surface area (Å²) in [7, 11) is 2.23. The standard InChI is InChI=1S/C17H23NO3/c1-18-13-3-4-14(18)9-12(8-13)17(19)11-2-5-15-16(10-11)21-7-6-20-15/h2,5,10,12-14,17,19H,3-4,6-9H2,1H3. The highest BCUT2D eigenvalue weighted by Gasteiger charge is 2.41. The maximum absolute atomic E-state index is 10.8. The van der Waals surface area contributed by atoms with E-state index < -0.39 is 6.10 Å². The predicted octanol–water partition coefficient (Wildman–Crippen LogP) is 2.36. The second kappa shape index (κ2) is 5.18. The molecule has 2 saturated heterocycles. The number of benzene rings is 1. The van der Waals surface area contributed by atoms with Gasteiger partial charge in [-0.3, -0.25) is 0 Å². The number of ether oxygens (including phenoxy) is 2. The Morgan fingerprint density at radius 2 is 1.76 bits per heavy atom. The number of hydrogen-bond donors (Lipinski definition) is 1. The van der Waals surface area contributed by atoms with Gasteiger partial charge in [-0.2, -0.15) is 0 Å². The molecule has 2 bridgehead atoms. The maximum Gasteiger partial charge on any atom is 0.161 e. The molecule has 3 atom stereocenters. The minimum Gasteiger partial charge on any atom is -0.486 e. The lowest BCUT2D eigenvalue weighted by atomic mass is 9.84. The highest BCUT2D eigenvalue weighted by molar-refractivity contribution is 5.44. The minimum atomic E-state index is -0.391. The SMILES string of the molecule is CN1C2CCC1CC(C(O)c1ccc3c(c1)OCCO3)C2. The third-order valence-corrected chi connectivity index (χ3v) is 5.49. The van der Waals surface area contributed by atoms with Crippen molar-refractivity contribution in [3.8, 4) is 11.5 Å². The molecule has 0 saturated carbocycles. The van der Waals surface area contributed by atoms with Crippen molar-refractivity contribution in [1.29, 1.82) is 0 Å². The van der Waals surface area contributed by atoms with Gasteiger partial charge in [-0.25, -0.2) is 0 Å². The molecule has 1 aromatic rings. The normalized spacial score (nSPS) is 33.0. The van der Waals surface area contributed by atoms with E-state index in [9.17, 15) is 5.11 Å². The highest BCUT2D eigenvalue weighted by atomic mass is 16.6. The molecule has 2 fully saturated rings. The predicted molar refractivity (Wildman–Crippen MR) is 79.7 cm³/mol. The van der Waals surface area contributed by atoms with E-state index in [1.54, 1.807) is 0 Å². The van der Waals surface area contributed by atoms with E-state index in [0.717, 1.165) is 29.9 Å². The molecular weight excluding hydrogens is 266 g/mol. The summed E-state index contributed by atoms with van der Waals surface area (Å²) >= 11 is 0. The number of hydrogen-bond acceptors (Lipinski definition) is 4. The Bertz CT molecular complexity index is 519. The molecule has 3 heterocycles. The van der Waals surface area contributed by atoms with Crippen molar-refractivity contribution in [2.75, 3.05) is 20.3 Å². The summed E-state index contributed by atoms with van der Waals surface area (Å²) in [4.78, 5) is 2.51. The fourth-order valence-electron chi connectivity index (χ4n) is 4.23. The van der Waals surface area contributed by atoms with E-state index in [1.165, 1.54) is 12.8 Å². The molecule has 114 valence electrons. The van der Waals surface area contributed by atoms with Crippen LogP contribution in [0.5, 0.6) is 11.5 Å².